The Balaban J connectivity index is 2.17. The van der Waals surface area contributed by atoms with Crippen LogP contribution in [0.1, 0.15) is 19.8 Å². The first kappa shape index (κ1) is 14.3. The van der Waals surface area contributed by atoms with Gasteiger partial charge in [0, 0.05) is 19.6 Å². The van der Waals surface area contributed by atoms with Crippen LogP contribution in [0.2, 0.25) is 0 Å². The lowest BCUT2D eigenvalue weighted by Gasteiger charge is -2.33. The van der Waals surface area contributed by atoms with E-state index < -0.39 is 0 Å². The van der Waals surface area contributed by atoms with Gasteiger partial charge in [0.05, 0.1) is 12.7 Å². The van der Waals surface area contributed by atoms with Gasteiger partial charge >= 0.3 is 0 Å². The number of rotatable bonds is 7. The lowest BCUT2D eigenvalue weighted by atomic mass is 10.2. The van der Waals surface area contributed by atoms with Gasteiger partial charge in [-0.25, -0.2) is 0 Å². The maximum atomic E-state index is 5.80. The third-order valence-electron chi connectivity index (χ3n) is 3.23. The minimum absolute atomic E-state index is 0.433. The maximum absolute atomic E-state index is 5.80. The Hall–Kier alpha value is 0.230. The number of hydrogen-bond donors (Lipinski definition) is 1. The molecule has 0 bridgehead atoms. The number of thiol groups is 1. The topological polar surface area (TPSA) is 15.7 Å². The van der Waals surface area contributed by atoms with Gasteiger partial charge in [0.15, 0.2) is 0 Å². The molecule has 0 aromatic carbocycles. The fraction of sp³-hybridized carbons (Fsp3) is 1.00. The number of ether oxygens (including phenoxy) is 1. The molecular weight excluding hydrogens is 220 g/mol. The highest BCUT2D eigenvalue weighted by molar-refractivity contribution is 7.80. The molecule has 1 fully saturated rings. The summed E-state index contributed by atoms with van der Waals surface area (Å²) in [7, 11) is 2.17. The van der Waals surface area contributed by atoms with E-state index >= 15 is 0 Å². The first-order valence-electron chi connectivity index (χ1n) is 6.39. The molecule has 4 heteroatoms. The second-order valence-electron chi connectivity index (χ2n) is 4.56. The van der Waals surface area contributed by atoms with Crippen molar-refractivity contribution in [3.8, 4) is 0 Å². The summed E-state index contributed by atoms with van der Waals surface area (Å²) in [6.07, 6.45) is 2.77. The van der Waals surface area contributed by atoms with Gasteiger partial charge in [-0.05, 0) is 38.7 Å². The van der Waals surface area contributed by atoms with Crippen molar-refractivity contribution in [1.29, 1.82) is 0 Å². The van der Waals surface area contributed by atoms with Crippen LogP contribution in [0, 0.1) is 0 Å². The molecule has 3 nitrogen and oxygen atoms in total. The molecule has 1 saturated heterocycles. The predicted octanol–water partition coefficient (Wildman–Crippen LogP) is 1.35. The van der Waals surface area contributed by atoms with E-state index in [0.717, 1.165) is 45.0 Å². The number of hydrogen-bond acceptors (Lipinski definition) is 4. The van der Waals surface area contributed by atoms with E-state index in [1.807, 2.05) is 0 Å². The highest BCUT2D eigenvalue weighted by Gasteiger charge is 2.19. The van der Waals surface area contributed by atoms with Crippen LogP contribution in [0.5, 0.6) is 0 Å². The van der Waals surface area contributed by atoms with Gasteiger partial charge in [-0.3, -0.25) is 4.90 Å². The van der Waals surface area contributed by atoms with Gasteiger partial charge in [-0.1, -0.05) is 6.92 Å². The molecular formula is C12H26N2OS. The third kappa shape index (κ3) is 5.53. The van der Waals surface area contributed by atoms with E-state index in [9.17, 15) is 0 Å². The van der Waals surface area contributed by atoms with Crippen LogP contribution in [0.15, 0.2) is 0 Å². The zero-order valence-corrected chi connectivity index (χ0v) is 11.6. The van der Waals surface area contributed by atoms with Crippen LogP contribution in [0.25, 0.3) is 0 Å². The quantitative estimate of drug-likeness (QED) is 0.683. The van der Waals surface area contributed by atoms with Gasteiger partial charge in [0.25, 0.3) is 0 Å². The number of nitrogens with zero attached hydrogens (tertiary/aromatic N) is 2. The van der Waals surface area contributed by atoms with Gasteiger partial charge in [-0.2, -0.15) is 12.6 Å². The molecule has 1 aliphatic heterocycles. The van der Waals surface area contributed by atoms with Crippen molar-refractivity contribution in [1.82, 2.24) is 9.80 Å². The summed E-state index contributed by atoms with van der Waals surface area (Å²) >= 11 is 4.26. The zero-order valence-electron chi connectivity index (χ0n) is 10.7. The summed E-state index contributed by atoms with van der Waals surface area (Å²) in [6.45, 7) is 8.72. The summed E-state index contributed by atoms with van der Waals surface area (Å²) in [4.78, 5) is 4.85. The second kappa shape index (κ2) is 8.34. The molecule has 1 rings (SSSR count). The van der Waals surface area contributed by atoms with Gasteiger partial charge in [-0.15, -0.1) is 0 Å². The van der Waals surface area contributed by atoms with E-state index in [4.69, 9.17) is 4.74 Å². The monoisotopic (exact) mass is 246 g/mol. The Morgan fingerprint density at radius 2 is 2.31 bits per heavy atom. The van der Waals surface area contributed by atoms with Crippen molar-refractivity contribution < 1.29 is 4.74 Å². The van der Waals surface area contributed by atoms with E-state index in [2.05, 4.69) is 36.4 Å². The summed E-state index contributed by atoms with van der Waals surface area (Å²) in [6, 6.07) is 0. The highest BCUT2D eigenvalue weighted by atomic mass is 32.1. The van der Waals surface area contributed by atoms with E-state index in [1.54, 1.807) is 0 Å². The molecule has 0 aliphatic carbocycles. The summed E-state index contributed by atoms with van der Waals surface area (Å²) < 4.78 is 5.80. The fourth-order valence-electron chi connectivity index (χ4n) is 1.97. The third-order valence-corrected chi connectivity index (χ3v) is 3.54. The van der Waals surface area contributed by atoms with Crippen LogP contribution < -0.4 is 0 Å². The average molecular weight is 246 g/mol. The Labute approximate surface area is 106 Å². The standard InChI is InChI=1S/C12H26N2OS/c1-3-13(2)7-5-12-11-14(6-4-10-16)8-9-15-12/h12,16H,3-11H2,1-2H3. The normalized spacial score (nSPS) is 22.9. The van der Waals surface area contributed by atoms with Crippen LogP contribution in [0.3, 0.4) is 0 Å². The van der Waals surface area contributed by atoms with Crippen LogP contribution in [0.4, 0.5) is 0 Å². The van der Waals surface area contributed by atoms with Crippen molar-refractivity contribution in [2.24, 2.45) is 0 Å². The summed E-state index contributed by atoms with van der Waals surface area (Å²) in [5, 5.41) is 0. The van der Waals surface area contributed by atoms with Crippen molar-refractivity contribution in [3.63, 3.8) is 0 Å². The van der Waals surface area contributed by atoms with Gasteiger partial charge in [0.2, 0.25) is 0 Å². The minimum Gasteiger partial charge on any atom is -0.376 e. The molecule has 1 aliphatic rings. The first-order valence-corrected chi connectivity index (χ1v) is 7.03. The molecule has 0 spiro atoms. The van der Waals surface area contributed by atoms with E-state index in [-0.39, 0.29) is 0 Å². The molecule has 0 radical (unpaired) electrons. The van der Waals surface area contributed by atoms with E-state index in [0.29, 0.717) is 6.10 Å². The molecule has 96 valence electrons. The second-order valence-corrected chi connectivity index (χ2v) is 5.00. The SMILES string of the molecule is CCN(C)CCC1CN(CCCS)CCO1. The molecule has 0 amide bonds. The molecule has 0 aromatic heterocycles. The number of morpholine rings is 1. The summed E-state index contributed by atoms with van der Waals surface area (Å²) in [5.74, 6) is 0.987. The zero-order chi connectivity index (χ0) is 11.8. The van der Waals surface area contributed by atoms with Crippen molar-refractivity contribution in [3.05, 3.63) is 0 Å². The fourth-order valence-corrected chi connectivity index (χ4v) is 2.12. The molecule has 0 saturated carbocycles. The smallest absolute Gasteiger partial charge is 0.0714 e. The Kier molecular flexibility index (Phi) is 7.45. The molecule has 1 atom stereocenters. The Morgan fingerprint density at radius 1 is 1.50 bits per heavy atom. The van der Waals surface area contributed by atoms with Crippen LogP contribution in [-0.2, 0) is 4.74 Å². The largest absolute Gasteiger partial charge is 0.376 e. The van der Waals surface area contributed by atoms with Crippen LogP contribution >= 0.6 is 12.6 Å². The maximum Gasteiger partial charge on any atom is 0.0714 e. The van der Waals surface area contributed by atoms with Crippen LogP contribution in [-0.4, -0.2) is 68.0 Å². The molecule has 1 unspecified atom stereocenters. The minimum atomic E-state index is 0.433. The molecule has 1 heterocycles. The van der Waals surface area contributed by atoms with E-state index in [1.165, 1.54) is 13.0 Å². The molecule has 0 N–H and O–H groups in total. The highest BCUT2D eigenvalue weighted by Crippen LogP contribution is 2.09. The van der Waals surface area contributed by atoms with Crippen molar-refractivity contribution >= 4 is 12.6 Å². The Morgan fingerprint density at radius 3 is 3.00 bits per heavy atom. The van der Waals surface area contributed by atoms with Crippen molar-refractivity contribution in [2.75, 3.05) is 52.1 Å². The lowest BCUT2D eigenvalue weighted by molar-refractivity contribution is -0.0345. The molecule has 0 aromatic rings. The molecule has 16 heavy (non-hydrogen) atoms. The lowest BCUT2D eigenvalue weighted by Crippen LogP contribution is -2.43. The Bertz CT molecular complexity index is 180. The summed E-state index contributed by atoms with van der Waals surface area (Å²) in [5.41, 5.74) is 0. The van der Waals surface area contributed by atoms with Gasteiger partial charge in [0.1, 0.15) is 0 Å². The van der Waals surface area contributed by atoms with Crippen molar-refractivity contribution in [2.45, 2.75) is 25.9 Å². The predicted molar refractivity (Wildman–Crippen MR) is 72.4 cm³/mol. The average Bonchev–Trinajstić information content (AvgIpc) is 2.34. The first-order chi connectivity index (χ1) is 7.76. The van der Waals surface area contributed by atoms with Gasteiger partial charge < -0.3 is 9.64 Å².